The van der Waals surface area contributed by atoms with Crippen LogP contribution in [0.2, 0.25) is 0 Å². The summed E-state index contributed by atoms with van der Waals surface area (Å²) in [5.41, 5.74) is 0.993. The second kappa shape index (κ2) is 6.20. The quantitative estimate of drug-likeness (QED) is 0.211. The van der Waals surface area contributed by atoms with Crippen molar-refractivity contribution >= 4 is 5.71 Å². The van der Waals surface area contributed by atoms with Gasteiger partial charge in [-0.2, -0.15) is 0 Å². The minimum atomic E-state index is 0. The molecular formula is C7H14NNaO. The van der Waals surface area contributed by atoms with Crippen LogP contribution in [0.5, 0.6) is 0 Å². The van der Waals surface area contributed by atoms with Crippen molar-refractivity contribution in [3.63, 3.8) is 0 Å². The van der Waals surface area contributed by atoms with E-state index in [4.69, 9.17) is 5.21 Å². The smallest absolute Gasteiger partial charge is 1.00 e. The molecule has 0 unspecified atom stereocenters. The third-order valence-electron chi connectivity index (χ3n) is 1.82. The summed E-state index contributed by atoms with van der Waals surface area (Å²) < 4.78 is 0. The molecule has 2 nitrogen and oxygen atoms in total. The Morgan fingerprint density at radius 1 is 1.10 bits per heavy atom. The first kappa shape index (κ1) is 10.5. The van der Waals surface area contributed by atoms with Crippen molar-refractivity contribution in [3.8, 4) is 0 Å². The molecule has 1 fully saturated rings. The fourth-order valence-corrected chi connectivity index (χ4v) is 1.24. The first-order valence-electron chi connectivity index (χ1n) is 3.63. The molecule has 0 aromatic heterocycles. The maximum atomic E-state index is 8.40. The van der Waals surface area contributed by atoms with Gasteiger partial charge < -0.3 is 6.63 Å². The van der Waals surface area contributed by atoms with Gasteiger partial charge in [0.25, 0.3) is 0 Å². The minimum Gasteiger partial charge on any atom is -1.00 e. The predicted octanol–water partition coefficient (Wildman–Crippen LogP) is -0.713. The Labute approximate surface area is 85.5 Å². The second-order valence-corrected chi connectivity index (χ2v) is 2.58. The molecule has 0 aromatic rings. The average Bonchev–Trinajstić information content (AvgIpc) is 2.13. The van der Waals surface area contributed by atoms with Gasteiger partial charge >= 0.3 is 29.6 Å². The Kier molecular flexibility index (Phi) is 6.49. The molecule has 1 N–H and O–H groups in total. The molecule has 0 amide bonds. The summed E-state index contributed by atoms with van der Waals surface area (Å²) in [5.74, 6) is 0. The van der Waals surface area contributed by atoms with Crippen LogP contribution in [0.1, 0.15) is 40.0 Å². The molecule has 54 valence electrons. The van der Waals surface area contributed by atoms with Gasteiger partial charge in [0.2, 0.25) is 0 Å². The summed E-state index contributed by atoms with van der Waals surface area (Å²) >= 11 is 0. The summed E-state index contributed by atoms with van der Waals surface area (Å²) in [6, 6.07) is 0. The van der Waals surface area contributed by atoms with Gasteiger partial charge in [0.1, 0.15) is 0 Å². The molecule has 1 rings (SSSR count). The summed E-state index contributed by atoms with van der Waals surface area (Å²) in [6.45, 7) is 0. The molecule has 10 heavy (non-hydrogen) atoms. The Morgan fingerprint density at radius 3 is 2.00 bits per heavy atom. The minimum absolute atomic E-state index is 0. The van der Waals surface area contributed by atoms with E-state index in [0.717, 1.165) is 18.6 Å². The van der Waals surface area contributed by atoms with E-state index < -0.39 is 0 Å². The molecule has 0 radical (unpaired) electrons. The molecule has 0 aliphatic heterocycles. The molecule has 0 bridgehead atoms. The molecule has 0 heterocycles. The van der Waals surface area contributed by atoms with E-state index in [1.54, 1.807) is 0 Å². The molecule has 0 saturated heterocycles. The van der Waals surface area contributed by atoms with Crippen LogP contribution in [0.15, 0.2) is 5.16 Å². The van der Waals surface area contributed by atoms with E-state index in [9.17, 15) is 0 Å². The van der Waals surface area contributed by atoms with Crippen molar-refractivity contribution in [2.45, 2.75) is 38.5 Å². The Hall–Kier alpha value is 0.470. The zero-order chi connectivity index (χ0) is 6.53. The maximum absolute atomic E-state index is 8.40. The molecule has 0 spiro atoms. The maximum Gasteiger partial charge on any atom is 1.00 e. The van der Waals surface area contributed by atoms with Crippen molar-refractivity contribution in [2.24, 2.45) is 5.16 Å². The van der Waals surface area contributed by atoms with Gasteiger partial charge in [0, 0.05) is 0 Å². The molecule has 0 aromatic carbocycles. The van der Waals surface area contributed by atoms with Gasteiger partial charge in [-0.05, 0) is 25.7 Å². The van der Waals surface area contributed by atoms with Crippen molar-refractivity contribution in [1.29, 1.82) is 0 Å². The van der Waals surface area contributed by atoms with Crippen LogP contribution < -0.4 is 29.6 Å². The molecule has 1 saturated carbocycles. The van der Waals surface area contributed by atoms with Crippen LogP contribution in [0.4, 0.5) is 0 Å². The van der Waals surface area contributed by atoms with E-state index in [0.29, 0.717) is 0 Å². The van der Waals surface area contributed by atoms with E-state index >= 15 is 0 Å². The summed E-state index contributed by atoms with van der Waals surface area (Å²) in [5, 5.41) is 11.6. The largest absolute Gasteiger partial charge is 1.00 e. The number of nitrogens with zero attached hydrogens (tertiary/aromatic N) is 1. The fraction of sp³-hybridized carbons (Fsp3) is 0.857. The number of oxime groups is 1. The SMILES string of the molecule is ON=C1CCCCCC1.[H-].[Na+]. The predicted molar refractivity (Wildman–Crippen MR) is 38.0 cm³/mol. The van der Waals surface area contributed by atoms with Crippen LogP contribution in [0.3, 0.4) is 0 Å². The van der Waals surface area contributed by atoms with Gasteiger partial charge in [-0.25, -0.2) is 0 Å². The van der Waals surface area contributed by atoms with Crippen LogP contribution in [0, 0.1) is 0 Å². The molecule has 1 aliphatic carbocycles. The van der Waals surface area contributed by atoms with Crippen molar-refractivity contribution in [1.82, 2.24) is 0 Å². The Morgan fingerprint density at radius 2 is 1.60 bits per heavy atom. The fourth-order valence-electron chi connectivity index (χ4n) is 1.24. The first-order valence-corrected chi connectivity index (χ1v) is 3.63. The van der Waals surface area contributed by atoms with Gasteiger partial charge in [0.15, 0.2) is 0 Å². The normalized spacial score (nSPS) is 19.0. The summed E-state index contributed by atoms with van der Waals surface area (Å²) in [6.07, 6.45) is 7.05. The zero-order valence-corrected chi connectivity index (χ0v) is 8.64. The van der Waals surface area contributed by atoms with Crippen LogP contribution in [-0.2, 0) is 0 Å². The van der Waals surface area contributed by atoms with E-state index in [1.165, 1.54) is 25.7 Å². The van der Waals surface area contributed by atoms with Crippen LogP contribution >= 0.6 is 0 Å². The van der Waals surface area contributed by atoms with Crippen molar-refractivity contribution in [2.75, 3.05) is 0 Å². The number of hydrogen-bond acceptors (Lipinski definition) is 2. The third-order valence-corrected chi connectivity index (χ3v) is 1.82. The number of rotatable bonds is 0. The average molecular weight is 151 g/mol. The van der Waals surface area contributed by atoms with Gasteiger partial charge in [-0.3, -0.25) is 0 Å². The van der Waals surface area contributed by atoms with Gasteiger partial charge in [-0.1, -0.05) is 18.0 Å². The zero-order valence-electron chi connectivity index (χ0n) is 7.64. The van der Waals surface area contributed by atoms with Gasteiger partial charge in [-0.15, -0.1) is 0 Å². The first-order chi connectivity index (χ1) is 4.43. The van der Waals surface area contributed by atoms with Crippen LogP contribution in [-0.4, -0.2) is 10.9 Å². The van der Waals surface area contributed by atoms with Crippen LogP contribution in [0.25, 0.3) is 0 Å². The van der Waals surface area contributed by atoms with E-state index in [1.807, 2.05) is 0 Å². The topological polar surface area (TPSA) is 32.6 Å². The molecule has 3 heteroatoms. The van der Waals surface area contributed by atoms with E-state index in [2.05, 4.69) is 5.16 Å². The molecular weight excluding hydrogens is 137 g/mol. The number of hydrogen-bond donors (Lipinski definition) is 1. The molecule has 1 aliphatic rings. The van der Waals surface area contributed by atoms with E-state index in [-0.39, 0.29) is 31.0 Å². The van der Waals surface area contributed by atoms with Gasteiger partial charge in [0.05, 0.1) is 5.71 Å². The summed E-state index contributed by atoms with van der Waals surface area (Å²) in [4.78, 5) is 0. The van der Waals surface area contributed by atoms with Crippen molar-refractivity contribution in [3.05, 3.63) is 0 Å². The van der Waals surface area contributed by atoms with Crippen molar-refractivity contribution < 1.29 is 36.2 Å². The standard InChI is InChI=1S/C7H13NO.Na.H/c9-8-7-5-3-1-2-4-6-7;;/h9H,1-6H2;;/q;+1;-1. The summed E-state index contributed by atoms with van der Waals surface area (Å²) in [7, 11) is 0. The monoisotopic (exact) mass is 151 g/mol. The second-order valence-electron chi connectivity index (χ2n) is 2.58. The Balaban J connectivity index is 0. The molecule has 0 atom stereocenters. The third kappa shape index (κ3) is 3.59. The Bertz CT molecular complexity index is 109.